The highest BCUT2D eigenvalue weighted by Crippen LogP contribution is 2.31. The number of rotatable bonds is 5. The molecule has 0 saturated carbocycles. The standard InChI is InChI=1S/C19H20N4O2/c20-17-18(21-11-16-6-3-9-24-16)22-12-23-19(17)25-15-8-7-13-4-1-2-5-14(13)10-15/h1-2,4-5,7-8,10,12,16H,3,6,9,11,20H2,(H,21,22,23). The molecule has 6 heteroatoms. The number of nitrogen functional groups attached to an aromatic ring is 1. The van der Waals surface area contributed by atoms with Gasteiger partial charge in [-0.25, -0.2) is 4.98 Å². The number of hydrogen-bond acceptors (Lipinski definition) is 6. The lowest BCUT2D eigenvalue weighted by Crippen LogP contribution is -2.19. The van der Waals surface area contributed by atoms with E-state index in [1.165, 1.54) is 6.33 Å². The summed E-state index contributed by atoms with van der Waals surface area (Å²) < 4.78 is 11.5. The first-order valence-electron chi connectivity index (χ1n) is 8.42. The Bertz CT molecular complexity index is 878. The van der Waals surface area contributed by atoms with E-state index in [-0.39, 0.29) is 6.10 Å². The van der Waals surface area contributed by atoms with Gasteiger partial charge in [0.25, 0.3) is 0 Å². The summed E-state index contributed by atoms with van der Waals surface area (Å²) in [7, 11) is 0. The van der Waals surface area contributed by atoms with Crippen molar-refractivity contribution in [1.29, 1.82) is 0 Å². The Morgan fingerprint density at radius 2 is 2.04 bits per heavy atom. The molecule has 1 saturated heterocycles. The lowest BCUT2D eigenvalue weighted by atomic mass is 10.1. The second kappa shape index (κ2) is 6.94. The highest BCUT2D eigenvalue weighted by atomic mass is 16.5. The van der Waals surface area contributed by atoms with Crippen molar-refractivity contribution in [1.82, 2.24) is 9.97 Å². The smallest absolute Gasteiger partial charge is 0.248 e. The van der Waals surface area contributed by atoms with Crippen molar-refractivity contribution in [3.8, 4) is 11.6 Å². The van der Waals surface area contributed by atoms with E-state index in [9.17, 15) is 0 Å². The third-order valence-corrected chi connectivity index (χ3v) is 4.30. The van der Waals surface area contributed by atoms with Crippen molar-refractivity contribution in [2.24, 2.45) is 0 Å². The van der Waals surface area contributed by atoms with Gasteiger partial charge in [-0.2, -0.15) is 4.98 Å². The molecule has 0 radical (unpaired) electrons. The fourth-order valence-electron chi connectivity index (χ4n) is 2.96. The lowest BCUT2D eigenvalue weighted by molar-refractivity contribution is 0.120. The number of nitrogens with two attached hydrogens (primary N) is 1. The molecular formula is C19H20N4O2. The molecule has 3 aromatic rings. The van der Waals surface area contributed by atoms with Crippen LogP contribution in [0.5, 0.6) is 11.6 Å². The Balaban J connectivity index is 1.51. The molecule has 128 valence electrons. The van der Waals surface area contributed by atoms with Gasteiger partial charge in [0.05, 0.1) is 6.10 Å². The molecular weight excluding hydrogens is 316 g/mol. The van der Waals surface area contributed by atoms with Crippen LogP contribution in [-0.2, 0) is 4.74 Å². The highest BCUT2D eigenvalue weighted by molar-refractivity contribution is 5.83. The molecule has 4 rings (SSSR count). The van der Waals surface area contributed by atoms with Crippen molar-refractivity contribution in [2.75, 3.05) is 24.2 Å². The van der Waals surface area contributed by atoms with Crippen LogP contribution in [0.4, 0.5) is 11.5 Å². The number of nitrogens with one attached hydrogen (secondary N) is 1. The number of anilines is 2. The van der Waals surface area contributed by atoms with Crippen LogP contribution >= 0.6 is 0 Å². The molecule has 0 aliphatic carbocycles. The van der Waals surface area contributed by atoms with Crippen LogP contribution in [-0.4, -0.2) is 29.2 Å². The first kappa shape index (κ1) is 15.7. The van der Waals surface area contributed by atoms with Gasteiger partial charge in [0.15, 0.2) is 5.82 Å². The lowest BCUT2D eigenvalue weighted by Gasteiger charge is -2.14. The Hall–Kier alpha value is -2.86. The van der Waals surface area contributed by atoms with Gasteiger partial charge in [0, 0.05) is 13.2 Å². The average molecular weight is 336 g/mol. The minimum atomic E-state index is 0.208. The second-order valence-corrected chi connectivity index (χ2v) is 6.07. The fraction of sp³-hybridized carbons (Fsp3) is 0.263. The summed E-state index contributed by atoms with van der Waals surface area (Å²) in [5.41, 5.74) is 6.57. The van der Waals surface area contributed by atoms with Crippen molar-refractivity contribution in [3.63, 3.8) is 0 Å². The largest absolute Gasteiger partial charge is 0.437 e. The van der Waals surface area contributed by atoms with E-state index in [1.807, 2.05) is 36.4 Å². The Morgan fingerprint density at radius 1 is 1.16 bits per heavy atom. The van der Waals surface area contributed by atoms with E-state index < -0.39 is 0 Å². The molecule has 2 heterocycles. The average Bonchev–Trinajstić information content (AvgIpc) is 3.16. The van der Waals surface area contributed by atoms with Gasteiger partial charge in [0.2, 0.25) is 5.88 Å². The molecule has 1 unspecified atom stereocenters. The fourth-order valence-corrected chi connectivity index (χ4v) is 2.96. The van der Waals surface area contributed by atoms with Crippen LogP contribution in [0.1, 0.15) is 12.8 Å². The number of benzene rings is 2. The SMILES string of the molecule is Nc1c(NCC2CCCO2)ncnc1Oc1ccc2ccccc2c1. The monoisotopic (exact) mass is 336 g/mol. The van der Waals surface area contributed by atoms with Gasteiger partial charge >= 0.3 is 0 Å². The van der Waals surface area contributed by atoms with E-state index in [4.69, 9.17) is 15.2 Å². The molecule has 1 aliphatic rings. The highest BCUT2D eigenvalue weighted by Gasteiger charge is 2.17. The van der Waals surface area contributed by atoms with E-state index in [0.29, 0.717) is 29.7 Å². The number of nitrogens with zero attached hydrogens (tertiary/aromatic N) is 2. The summed E-state index contributed by atoms with van der Waals surface area (Å²) in [6.07, 6.45) is 3.81. The maximum absolute atomic E-state index is 6.18. The normalized spacial score (nSPS) is 16.9. The van der Waals surface area contributed by atoms with Crippen LogP contribution in [0.2, 0.25) is 0 Å². The molecule has 6 nitrogen and oxygen atoms in total. The molecule has 2 aromatic carbocycles. The molecule has 1 fully saturated rings. The van der Waals surface area contributed by atoms with Gasteiger partial charge in [0.1, 0.15) is 17.8 Å². The molecule has 1 aromatic heterocycles. The molecule has 0 bridgehead atoms. The molecule has 0 spiro atoms. The zero-order valence-corrected chi connectivity index (χ0v) is 13.8. The van der Waals surface area contributed by atoms with Gasteiger partial charge in [-0.3, -0.25) is 0 Å². The Morgan fingerprint density at radius 3 is 2.88 bits per heavy atom. The van der Waals surface area contributed by atoms with Crippen LogP contribution < -0.4 is 15.8 Å². The zero-order valence-electron chi connectivity index (χ0n) is 13.8. The maximum Gasteiger partial charge on any atom is 0.248 e. The minimum Gasteiger partial charge on any atom is -0.437 e. The number of hydrogen-bond donors (Lipinski definition) is 2. The predicted octanol–water partition coefficient (Wildman–Crippen LogP) is 3.60. The van der Waals surface area contributed by atoms with E-state index in [0.717, 1.165) is 30.2 Å². The number of ether oxygens (including phenoxy) is 2. The van der Waals surface area contributed by atoms with Crippen molar-refractivity contribution in [3.05, 3.63) is 48.8 Å². The first-order valence-corrected chi connectivity index (χ1v) is 8.42. The predicted molar refractivity (Wildman–Crippen MR) is 97.9 cm³/mol. The second-order valence-electron chi connectivity index (χ2n) is 6.07. The Kier molecular flexibility index (Phi) is 4.35. The number of aromatic nitrogens is 2. The third kappa shape index (κ3) is 3.49. The summed E-state index contributed by atoms with van der Waals surface area (Å²) >= 11 is 0. The first-order chi connectivity index (χ1) is 12.3. The van der Waals surface area contributed by atoms with Crippen LogP contribution in [0.3, 0.4) is 0 Å². The molecule has 25 heavy (non-hydrogen) atoms. The summed E-state index contributed by atoms with van der Waals surface area (Å²) in [6, 6.07) is 14.0. The molecule has 0 amide bonds. The van der Waals surface area contributed by atoms with Crippen molar-refractivity contribution < 1.29 is 9.47 Å². The van der Waals surface area contributed by atoms with Gasteiger partial charge in [-0.15, -0.1) is 0 Å². The summed E-state index contributed by atoms with van der Waals surface area (Å²) in [5.74, 6) is 1.61. The topological polar surface area (TPSA) is 82.3 Å². The number of fused-ring (bicyclic) bond motifs is 1. The molecule has 1 aliphatic heterocycles. The van der Waals surface area contributed by atoms with Crippen molar-refractivity contribution in [2.45, 2.75) is 18.9 Å². The van der Waals surface area contributed by atoms with Crippen molar-refractivity contribution >= 4 is 22.3 Å². The van der Waals surface area contributed by atoms with Gasteiger partial charge in [-0.05, 0) is 35.7 Å². The summed E-state index contributed by atoms with van der Waals surface area (Å²) in [4.78, 5) is 8.37. The maximum atomic E-state index is 6.18. The zero-order chi connectivity index (χ0) is 17.1. The van der Waals surface area contributed by atoms with Crippen LogP contribution in [0.15, 0.2) is 48.8 Å². The van der Waals surface area contributed by atoms with E-state index >= 15 is 0 Å². The van der Waals surface area contributed by atoms with Crippen LogP contribution in [0.25, 0.3) is 10.8 Å². The third-order valence-electron chi connectivity index (χ3n) is 4.30. The Labute approximate surface area is 146 Å². The quantitative estimate of drug-likeness (QED) is 0.741. The van der Waals surface area contributed by atoms with Gasteiger partial charge in [-0.1, -0.05) is 30.3 Å². The summed E-state index contributed by atoms with van der Waals surface area (Å²) in [6.45, 7) is 1.50. The van der Waals surface area contributed by atoms with Crippen LogP contribution in [0, 0.1) is 0 Å². The minimum absolute atomic E-state index is 0.208. The molecule has 3 N–H and O–H groups in total. The summed E-state index contributed by atoms with van der Waals surface area (Å²) in [5, 5.41) is 5.49. The molecule has 1 atom stereocenters. The van der Waals surface area contributed by atoms with E-state index in [2.05, 4.69) is 21.4 Å². The van der Waals surface area contributed by atoms with Gasteiger partial charge < -0.3 is 20.5 Å². The van der Waals surface area contributed by atoms with E-state index in [1.54, 1.807) is 0 Å².